The number of benzene rings is 2. The van der Waals surface area contributed by atoms with Crippen LogP contribution in [0.25, 0.3) is 11.3 Å². The molecule has 1 aliphatic heterocycles. The van der Waals surface area contributed by atoms with Gasteiger partial charge in [-0.1, -0.05) is 37.7 Å². The van der Waals surface area contributed by atoms with Crippen molar-refractivity contribution in [1.82, 2.24) is 10.1 Å². The topological polar surface area (TPSA) is 79.2 Å². The van der Waals surface area contributed by atoms with Crippen LogP contribution < -0.4 is 19.9 Å². The first kappa shape index (κ1) is 22.1. The van der Waals surface area contributed by atoms with Crippen molar-refractivity contribution in [3.05, 3.63) is 64.4 Å². The molecule has 32 heavy (non-hydrogen) atoms. The summed E-state index contributed by atoms with van der Waals surface area (Å²) < 4.78 is 7.40. The van der Waals surface area contributed by atoms with E-state index in [0.717, 1.165) is 29.9 Å². The van der Waals surface area contributed by atoms with Gasteiger partial charge in [0, 0.05) is 23.3 Å². The molecule has 1 atom stereocenters. The molecule has 2 aromatic carbocycles. The fraction of sp³-hybridized carbons (Fsp3) is 0.333. The number of amides is 1. The lowest BCUT2D eigenvalue weighted by molar-refractivity contribution is -0.763. The number of carbonyl (C=O) groups is 1. The Labute approximate surface area is 191 Å². The van der Waals surface area contributed by atoms with E-state index in [2.05, 4.69) is 18.8 Å². The van der Waals surface area contributed by atoms with Crippen LogP contribution in [0, 0.1) is 0 Å². The van der Waals surface area contributed by atoms with Crippen molar-refractivity contribution in [2.24, 2.45) is 0 Å². The second kappa shape index (κ2) is 9.56. The SMILES string of the molecule is CCCOc1ccc([C@@H]2N(C(C)=O)c3ccccc3-c3c(=O)[nH]c(SCCC)n[n+]32)cc1. The van der Waals surface area contributed by atoms with E-state index in [0.29, 0.717) is 28.7 Å². The smallest absolute Gasteiger partial charge is 0.325 e. The largest absolute Gasteiger partial charge is 0.494 e. The van der Waals surface area contributed by atoms with Crippen LogP contribution >= 0.6 is 11.8 Å². The van der Waals surface area contributed by atoms with Gasteiger partial charge in [0.15, 0.2) is 0 Å². The maximum absolute atomic E-state index is 13.2. The third kappa shape index (κ3) is 4.14. The van der Waals surface area contributed by atoms with Gasteiger partial charge in [-0.2, -0.15) is 0 Å². The Hall–Kier alpha value is -3.13. The van der Waals surface area contributed by atoms with Gasteiger partial charge in [0.05, 0.1) is 17.9 Å². The number of hydrogen-bond acceptors (Lipinski definition) is 5. The van der Waals surface area contributed by atoms with E-state index >= 15 is 0 Å². The molecule has 7 nitrogen and oxygen atoms in total. The zero-order chi connectivity index (χ0) is 22.7. The van der Waals surface area contributed by atoms with Gasteiger partial charge >= 0.3 is 11.3 Å². The predicted molar refractivity (Wildman–Crippen MR) is 125 cm³/mol. The van der Waals surface area contributed by atoms with Crippen LogP contribution in [-0.2, 0) is 4.79 Å². The highest BCUT2D eigenvalue weighted by molar-refractivity contribution is 7.99. The number of fused-ring (bicyclic) bond motifs is 3. The second-order valence-corrected chi connectivity index (χ2v) is 8.68. The number of H-pyrrole nitrogens is 1. The van der Waals surface area contributed by atoms with Crippen molar-refractivity contribution in [2.45, 2.75) is 44.9 Å². The Morgan fingerprint density at radius 2 is 1.91 bits per heavy atom. The molecule has 1 aliphatic rings. The summed E-state index contributed by atoms with van der Waals surface area (Å²) in [5, 5.41) is 5.31. The zero-order valence-corrected chi connectivity index (χ0v) is 19.3. The molecule has 0 aliphatic carbocycles. The van der Waals surface area contributed by atoms with Crippen molar-refractivity contribution in [1.29, 1.82) is 0 Å². The highest BCUT2D eigenvalue weighted by Gasteiger charge is 2.44. The quantitative estimate of drug-likeness (QED) is 0.435. The molecule has 1 aromatic heterocycles. The van der Waals surface area contributed by atoms with Gasteiger partial charge in [-0.05, 0) is 53.9 Å². The number of anilines is 1. The van der Waals surface area contributed by atoms with Gasteiger partial charge in [0.1, 0.15) is 5.75 Å². The summed E-state index contributed by atoms with van der Waals surface area (Å²) in [6, 6.07) is 15.1. The number of aromatic nitrogens is 3. The first-order valence-electron chi connectivity index (χ1n) is 10.9. The number of nitrogens with one attached hydrogen (secondary N) is 1. The molecule has 1 N–H and O–H groups in total. The summed E-state index contributed by atoms with van der Waals surface area (Å²) in [6.07, 6.45) is 1.30. The minimum Gasteiger partial charge on any atom is -0.494 e. The van der Waals surface area contributed by atoms with Crippen LogP contribution in [0.5, 0.6) is 5.75 Å². The van der Waals surface area contributed by atoms with Crippen molar-refractivity contribution in [3.8, 4) is 17.0 Å². The molecule has 4 rings (SSSR count). The van der Waals surface area contributed by atoms with Gasteiger partial charge in [-0.15, -0.1) is 0 Å². The number of carbonyl (C=O) groups excluding carboxylic acids is 1. The average molecular weight is 452 g/mol. The molecule has 8 heteroatoms. The molecular weight excluding hydrogens is 424 g/mol. The summed E-state index contributed by atoms with van der Waals surface area (Å²) >= 11 is 1.50. The van der Waals surface area contributed by atoms with E-state index in [1.54, 1.807) is 9.58 Å². The molecule has 0 radical (unpaired) electrons. The number of para-hydroxylation sites is 1. The predicted octanol–water partition coefficient (Wildman–Crippen LogP) is 3.93. The standard InChI is InChI=1S/C24H26N4O3S/c1-4-14-31-18-12-10-17(11-13-18)23-27(16(3)29)20-9-7-6-8-19(20)21-22(30)25-24(26-28(21)23)32-15-5-2/h6-13,23H,4-5,14-15H2,1-3H3/p+1/t23-/m1/s1. The number of aromatic amines is 1. The van der Waals surface area contributed by atoms with Gasteiger partial charge < -0.3 is 4.74 Å². The Morgan fingerprint density at radius 1 is 1.16 bits per heavy atom. The Morgan fingerprint density at radius 3 is 2.59 bits per heavy atom. The van der Waals surface area contributed by atoms with Crippen LogP contribution in [-0.4, -0.2) is 28.3 Å². The molecule has 0 saturated carbocycles. The van der Waals surface area contributed by atoms with Crippen LogP contribution in [0.4, 0.5) is 5.69 Å². The summed E-state index contributed by atoms with van der Waals surface area (Å²) in [5.41, 5.74) is 2.44. The van der Waals surface area contributed by atoms with E-state index in [9.17, 15) is 9.59 Å². The lowest BCUT2D eigenvalue weighted by Gasteiger charge is -2.31. The molecule has 0 unspecified atom stereocenters. The molecule has 0 bridgehead atoms. The average Bonchev–Trinajstić information content (AvgIpc) is 2.80. The minimum atomic E-state index is -0.582. The van der Waals surface area contributed by atoms with E-state index in [4.69, 9.17) is 9.84 Å². The fourth-order valence-electron chi connectivity index (χ4n) is 3.83. The van der Waals surface area contributed by atoms with Gasteiger partial charge in [0.25, 0.3) is 6.17 Å². The summed E-state index contributed by atoms with van der Waals surface area (Å²) in [5.74, 6) is 1.48. The molecule has 2 heterocycles. The highest BCUT2D eigenvalue weighted by Crippen LogP contribution is 2.37. The van der Waals surface area contributed by atoms with E-state index in [1.165, 1.54) is 18.7 Å². The minimum absolute atomic E-state index is 0.128. The summed E-state index contributed by atoms with van der Waals surface area (Å²) in [4.78, 5) is 30.7. The van der Waals surface area contributed by atoms with Crippen molar-refractivity contribution in [3.63, 3.8) is 0 Å². The molecule has 0 fully saturated rings. The van der Waals surface area contributed by atoms with Crippen LogP contribution in [0.15, 0.2) is 58.5 Å². The number of thioether (sulfide) groups is 1. The maximum atomic E-state index is 13.2. The zero-order valence-electron chi connectivity index (χ0n) is 18.5. The van der Waals surface area contributed by atoms with Crippen molar-refractivity contribution < 1.29 is 14.2 Å². The fourth-order valence-corrected chi connectivity index (χ4v) is 4.54. The lowest BCUT2D eigenvalue weighted by atomic mass is 10.0. The number of nitrogens with zero attached hydrogens (tertiary/aromatic N) is 3. The Kier molecular flexibility index (Phi) is 6.60. The van der Waals surface area contributed by atoms with Crippen LogP contribution in [0.2, 0.25) is 0 Å². The summed E-state index contributed by atoms with van der Waals surface area (Å²) in [7, 11) is 0. The molecule has 166 valence electrons. The summed E-state index contributed by atoms with van der Waals surface area (Å²) in [6.45, 7) is 6.31. The van der Waals surface area contributed by atoms with Crippen molar-refractivity contribution in [2.75, 3.05) is 17.3 Å². The van der Waals surface area contributed by atoms with Gasteiger partial charge in [0.2, 0.25) is 11.1 Å². The lowest BCUT2D eigenvalue weighted by Crippen LogP contribution is -2.60. The number of rotatable bonds is 7. The van der Waals surface area contributed by atoms with Crippen LogP contribution in [0.3, 0.4) is 0 Å². The Balaban J connectivity index is 1.91. The van der Waals surface area contributed by atoms with E-state index in [1.807, 2.05) is 48.5 Å². The monoisotopic (exact) mass is 451 g/mol. The third-order valence-electron chi connectivity index (χ3n) is 5.19. The van der Waals surface area contributed by atoms with Gasteiger partial charge in [-0.25, -0.2) is 4.90 Å². The molecule has 3 aromatic rings. The molecule has 0 saturated heterocycles. The van der Waals surface area contributed by atoms with Gasteiger partial charge in [-0.3, -0.25) is 14.6 Å². The maximum Gasteiger partial charge on any atom is 0.325 e. The number of ether oxygens (including phenoxy) is 1. The Bertz CT molecular complexity index is 1180. The van der Waals surface area contributed by atoms with E-state index in [-0.39, 0.29) is 11.5 Å². The van der Waals surface area contributed by atoms with Crippen LogP contribution in [0.1, 0.15) is 45.3 Å². The van der Waals surface area contributed by atoms with E-state index < -0.39 is 6.17 Å². The molecular formula is C24H27N4O3S+. The second-order valence-electron chi connectivity index (χ2n) is 7.60. The first-order chi connectivity index (χ1) is 15.5. The third-order valence-corrected chi connectivity index (χ3v) is 6.26. The molecule has 1 amide bonds. The normalized spacial score (nSPS) is 14.6. The first-order valence-corrected chi connectivity index (χ1v) is 11.8. The molecule has 0 spiro atoms. The van der Waals surface area contributed by atoms with Crippen molar-refractivity contribution >= 4 is 23.4 Å². The highest BCUT2D eigenvalue weighted by atomic mass is 32.2. The number of hydrogen-bond donors (Lipinski definition) is 1.